The molecule has 2 heterocycles. The molecule has 1 amide bonds. The highest BCUT2D eigenvalue weighted by Crippen LogP contribution is 2.41. The van der Waals surface area contributed by atoms with E-state index in [-0.39, 0.29) is 17.9 Å². The zero-order chi connectivity index (χ0) is 25.1. The average Bonchev–Trinajstić information content (AvgIpc) is 3.09. The van der Waals surface area contributed by atoms with E-state index in [9.17, 15) is 14.7 Å². The van der Waals surface area contributed by atoms with Crippen molar-refractivity contribution in [1.29, 1.82) is 0 Å². The molecule has 1 aliphatic rings. The molecule has 4 rings (SSSR count). The van der Waals surface area contributed by atoms with Crippen LogP contribution >= 0.6 is 15.9 Å². The lowest BCUT2D eigenvalue weighted by molar-refractivity contribution is -0.140. The molecule has 2 aromatic carbocycles. The van der Waals surface area contributed by atoms with Gasteiger partial charge in [0.25, 0.3) is 11.7 Å². The highest BCUT2D eigenvalue weighted by molar-refractivity contribution is 9.10. The van der Waals surface area contributed by atoms with Gasteiger partial charge in [-0.25, -0.2) is 0 Å². The molecule has 0 bridgehead atoms. The van der Waals surface area contributed by atoms with Gasteiger partial charge < -0.3 is 14.7 Å². The molecule has 7 heteroatoms. The highest BCUT2D eigenvalue weighted by Gasteiger charge is 2.46. The molecule has 180 valence electrons. The van der Waals surface area contributed by atoms with Gasteiger partial charge in [-0.3, -0.25) is 14.6 Å². The fourth-order valence-corrected chi connectivity index (χ4v) is 4.36. The fourth-order valence-electron chi connectivity index (χ4n) is 4.09. The molecule has 0 radical (unpaired) electrons. The zero-order valence-corrected chi connectivity index (χ0v) is 21.5. The number of aryl methyl sites for hydroxylation is 1. The van der Waals surface area contributed by atoms with Gasteiger partial charge in [0, 0.05) is 29.0 Å². The van der Waals surface area contributed by atoms with E-state index in [1.165, 1.54) is 4.90 Å². The maximum atomic E-state index is 13.2. The van der Waals surface area contributed by atoms with Crippen LogP contribution in [0.15, 0.2) is 77.0 Å². The van der Waals surface area contributed by atoms with Gasteiger partial charge in [0.1, 0.15) is 11.5 Å². The summed E-state index contributed by atoms with van der Waals surface area (Å²) < 4.78 is 6.72. The first-order valence-corrected chi connectivity index (χ1v) is 12.2. The van der Waals surface area contributed by atoms with E-state index in [0.29, 0.717) is 18.1 Å². The summed E-state index contributed by atoms with van der Waals surface area (Å²) >= 11 is 3.43. The Morgan fingerprint density at radius 1 is 1.14 bits per heavy atom. The Kier molecular flexibility index (Phi) is 7.36. The van der Waals surface area contributed by atoms with Crippen LogP contribution in [-0.2, 0) is 16.1 Å². The molecule has 0 unspecified atom stereocenters. The molecular weight excluding hydrogens is 508 g/mol. The topological polar surface area (TPSA) is 79.7 Å². The minimum Gasteiger partial charge on any atom is -0.507 e. The number of amides is 1. The third-order valence-corrected chi connectivity index (χ3v) is 6.35. The Hall–Kier alpha value is -3.45. The van der Waals surface area contributed by atoms with Gasteiger partial charge in [0.15, 0.2) is 0 Å². The van der Waals surface area contributed by atoms with E-state index in [1.54, 1.807) is 36.7 Å². The quantitative estimate of drug-likeness (QED) is 0.235. The molecule has 1 aliphatic heterocycles. The molecule has 1 fully saturated rings. The number of hydrogen-bond donors (Lipinski definition) is 1. The van der Waals surface area contributed by atoms with Gasteiger partial charge in [0.2, 0.25) is 0 Å². The van der Waals surface area contributed by atoms with Gasteiger partial charge >= 0.3 is 0 Å². The summed E-state index contributed by atoms with van der Waals surface area (Å²) in [6.07, 6.45) is 3.32. The van der Waals surface area contributed by atoms with Gasteiger partial charge in [-0.15, -0.1) is 0 Å². The van der Waals surface area contributed by atoms with Crippen molar-refractivity contribution in [1.82, 2.24) is 9.88 Å². The van der Waals surface area contributed by atoms with Crippen LogP contribution in [0.5, 0.6) is 5.75 Å². The second-order valence-electron chi connectivity index (χ2n) is 9.02. The largest absolute Gasteiger partial charge is 0.507 e. The van der Waals surface area contributed by atoms with Crippen LogP contribution in [0.1, 0.15) is 42.1 Å². The summed E-state index contributed by atoms with van der Waals surface area (Å²) in [6.45, 7) is 6.80. The van der Waals surface area contributed by atoms with Crippen molar-refractivity contribution in [3.63, 3.8) is 0 Å². The van der Waals surface area contributed by atoms with Crippen molar-refractivity contribution >= 4 is 33.4 Å². The minimum atomic E-state index is -0.736. The van der Waals surface area contributed by atoms with Crippen LogP contribution in [0.2, 0.25) is 0 Å². The maximum Gasteiger partial charge on any atom is 0.295 e. The first-order chi connectivity index (χ1) is 16.8. The number of carbonyl (C=O) groups excluding carboxylic acids is 2. The Morgan fingerprint density at radius 2 is 1.89 bits per heavy atom. The molecule has 0 spiro atoms. The molecule has 0 aliphatic carbocycles. The summed E-state index contributed by atoms with van der Waals surface area (Å²) in [5.41, 5.74) is 2.88. The molecule has 1 saturated heterocycles. The predicted molar refractivity (Wildman–Crippen MR) is 138 cm³/mol. The number of ether oxygens (including phenoxy) is 1. The second-order valence-corrected chi connectivity index (χ2v) is 9.94. The molecule has 1 aromatic heterocycles. The van der Waals surface area contributed by atoms with Crippen molar-refractivity contribution < 1.29 is 19.4 Å². The van der Waals surface area contributed by atoms with Crippen LogP contribution < -0.4 is 4.74 Å². The van der Waals surface area contributed by atoms with Crippen LogP contribution in [0, 0.1) is 12.8 Å². The van der Waals surface area contributed by atoms with E-state index in [0.717, 1.165) is 26.9 Å². The number of nitrogens with zero attached hydrogens (tertiary/aromatic N) is 2. The van der Waals surface area contributed by atoms with Crippen LogP contribution in [0.25, 0.3) is 5.76 Å². The van der Waals surface area contributed by atoms with Crippen LogP contribution in [-0.4, -0.2) is 33.3 Å². The molecule has 3 aromatic rings. The number of Topliss-reactive ketones (excluding diaryl/α,β-unsaturated/α-hetero) is 1. The lowest BCUT2D eigenvalue weighted by atomic mass is 9.94. The number of aromatic nitrogens is 1. The van der Waals surface area contributed by atoms with E-state index < -0.39 is 17.7 Å². The number of halogens is 1. The molecule has 6 nitrogen and oxygen atoms in total. The number of likely N-dealkylation sites (tertiary alicyclic amines) is 1. The first kappa shape index (κ1) is 24.7. The predicted octanol–water partition coefficient (Wildman–Crippen LogP) is 5.81. The third-order valence-electron chi connectivity index (χ3n) is 5.82. The number of pyridine rings is 1. The fraction of sp³-hybridized carbons (Fsp3) is 0.250. The zero-order valence-electron chi connectivity index (χ0n) is 19.9. The molecular formula is C28H27BrN2O4. The SMILES string of the molecule is Cc1cc(/C(O)=C2\C(=O)C(=O)N(Cc3cccnc3)[C@H]2c2ccc(Br)cc2)ccc1OCC(C)C. The Balaban J connectivity index is 1.78. The standard InChI is InChI=1S/C28H27BrN2O4/c1-17(2)16-35-23-11-8-21(13-18(23)3)26(32)24-25(20-6-9-22(29)10-7-20)31(28(34)27(24)33)15-19-5-4-12-30-14-19/h4-14,17,25,32H,15-16H2,1-3H3/b26-24+/t25-/m0/s1. The lowest BCUT2D eigenvalue weighted by Gasteiger charge is -2.25. The van der Waals surface area contributed by atoms with Gasteiger partial charge in [0.05, 0.1) is 18.2 Å². The van der Waals surface area contributed by atoms with Crippen LogP contribution in [0.4, 0.5) is 0 Å². The minimum absolute atomic E-state index is 0.0662. The summed E-state index contributed by atoms with van der Waals surface area (Å²) in [6, 6.07) is 15.6. The molecule has 1 atom stereocenters. The van der Waals surface area contributed by atoms with E-state index in [4.69, 9.17) is 4.74 Å². The normalized spacial score (nSPS) is 17.3. The summed E-state index contributed by atoms with van der Waals surface area (Å²) in [5, 5.41) is 11.3. The molecule has 35 heavy (non-hydrogen) atoms. The van der Waals surface area contributed by atoms with E-state index in [2.05, 4.69) is 34.8 Å². The average molecular weight is 535 g/mol. The number of aliphatic hydroxyl groups excluding tert-OH is 1. The van der Waals surface area contributed by atoms with Crippen molar-refractivity contribution in [2.45, 2.75) is 33.4 Å². The molecule has 1 N–H and O–H groups in total. The monoisotopic (exact) mass is 534 g/mol. The van der Waals surface area contributed by atoms with Gasteiger partial charge in [-0.2, -0.15) is 0 Å². The smallest absolute Gasteiger partial charge is 0.295 e. The highest BCUT2D eigenvalue weighted by atomic mass is 79.9. The van der Waals surface area contributed by atoms with Crippen molar-refractivity contribution in [3.05, 3.63) is 99.3 Å². The van der Waals surface area contributed by atoms with Crippen molar-refractivity contribution in [2.24, 2.45) is 5.92 Å². The summed E-state index contributed by atoms with van der Waals surface area (Å²) in [4.78, 5) is 32.0. The number of ketones is 1. The number of aliphatic hydroxyl groups is 1. The third kappa shape index (κ3) is 5.30. The van der Waals surface area contributed by atoms with Crippen molar-refractivity contribution in [2.75, 3.05) is 6.61 Å². The Bertz CT molecular complexity index is 1270. The van der Waals surface area contributed by atoms with Gasteiger partial charge in [-0.1, -0.05) is 48.0 Å². The second kappa shape index (κ2) is 10.4. The number of rotatable bonds is 7. The Labute approximate surface area is 213 Å². The number of hydrogen-bond acceptors (Lipinski definition) is 5. The van der Waals surface area contributed by atoms with Crippen molar-refractivity contribution in [3.8, 4) is 5.75 Å². The number of carbonyl (C=O) groups is 2. The van der Waals surface area contributed by atoms with E-state index >= 15 is 0 Å². The van der Waals surface area contributed by atoms with E-state index in [1.807, 2.05) is 37.3 Å². The summed E-state index contributed by atoms with van der Waals surface area (Å²) in [7, 11) is 0. The Morgan fingerprint density at radius 3 is 2.51 bits per heavy atom. The first-order valence-electron chi connectivity index (χ1n) is 11.4. The number of benzene rings is 2. The maximum absolute atomic E-state index is 13.2. The van der Waals surface area contributed by atoms with Crippen LogP contribution in [0.3, 0.4) is 0 Å². The van der Waals surface area contributed by atoms with Gasteiger partial charge in [-0.05, 0) is 65.9 Å². The summed E-state index contributed by atoms with van der Waals surface area (Å²) in [5.74, 6) is -0.474. The lowest BCUT2D eigenvalue weighted by Crippen LogP contribution is -2.29. The molecule has 0 saturated carbocycles.